The van der Waals surface area contributed by atoms with Gasteiger partial charge in [0.15, 0.2) is 27.2 Å². The molecule has 0 N–H and O–H groups in total. The Kier molecular flexibility index (Phi) is 7.60. The molecule has 0 aliphatic rings. The van der Waals surface area contributed by atoms with Crippen molar-refractivity contribution in [1.29, 1.82) is 0 Å². The molecule has 37 heavy (non-hydrogen) atoms. The summed E-state index contributed by atoms with van der Waals surface area (Å²) in [6, 6.07) is 8.79. The van der Waals surface area contributed by atoms with E-state index in [0.29, 0.717) is 34.5 Å². The lowest BCUT2D eigenvalue weighted by Gasteiger charge is -2.22. The zero-order valence-electron chi connectivity index (χ0n) is 21.5. The number of sulfone groups is 1. The molecule has 1 aromatic carbocycles. The number of hydrogen-bond acceptors (Lipinski definition) is 10. The van der Waals surface area contributed by atoms with Gasteiger partial charge in [-0.05, 0) is 50.6 Å². The molecule has 0 unspecified atom stereocenters. The Hall–Kier alpha value is -3.77. The summed E-state index contributed by atoms with van der Waals surface area (Å²) in [4.78, 5) is 8.54. The maximum Gasteiger partial charge on any atom is 0.204 e. The number of ether oxygens (including phenoxy) is 3. The maximum atomic E-state index is 13.7. The van der Waals surface area contributed by atoms with Crippen molar-refractivity contribution in [2.75, 3.05) is 21.3 Å². The summed E-state index contributed by atoms with van der Waals surface area (Å²) in [7, 11) is 0.606. The van der Waals surface area contributed by atoms with Gasteiger partial charge in [0, 0.05) is 19.5 Å². The van der Waals surface area contributed by atoms with Crippen LogP contribution in [0.15, 0.2) is 47.1 Å². The molecular weight excluding hydrogens is 498 g/mol. The predicted molar refractivity (Wildman–Crippen MR) is 136 cm³/mol. The van der Waals surface area contributed by atoms with Crippen molar-refractivity contribution in [3.63, 3.8) is 0 Å². The van der Waals surface area contributed by atoms with Gasteiger partial charge in [-0.1, -0.05) is 6.07 Å². The third-order valence-electron chi connectivity index (χ3n) is 5.95. The molecule has 0 fully saturated rings. The number of benzene rings is 1. The minimum absolute atomic E-state index is 0.151. The van der Waals surface area contributed by atoms with E-state index in [1.807, 2.05) is 6.92 Å². The number of methoxy groups -OCH3 is 3. The van der Waals surface area contributed by atoms with Crippen molar-refractivity contribution in [1.82, 2.24) is 24.7 Å². The Morgan fingerprint density at radius 1 is 0.973 bits per heavy atom. The quantitative estimate of drug-likeness (QED) is 0.301. The van der Waals surface area contributed by atoms with Crippen molar-refractivity contribution in [2.24, 2.45) is 0 Å². The fourth-order valence-corrected chi connectivity index (χ4v) is 5.39. The predicted octanol–water partition coefficient (Wildman–Crippen LogP) is 3.64. The van der Waals surface area contributed by atoms with E-state index in [9.17, 15) is 8.42 Å². The molecular formula is C25H29N5O6S. The summed E-state index contributed by atoms with van der Waals surface area (Å²) in [6.07, 6.45) is 2.36. The van der Waals surface area contributed by atoms with Gasteiger partial charge in [0.05, 0.1) is 19.5 Å². The van der Waals surface area contributed by atoms with Crippen LogP contribution in [-0.2, 0) is 20.3 Å². The van der Waals surface area contributed by atoms with E-state index in [4.69, 9.17) is 18.6 Å². The van der Waals surface area contributed by atoms with Gasteiger partial charge in [0.25, 0.3) is 0 Å². The van der Waals surface area contributed by atoms with Crippen LogP contribution in [0.1, 0.15) is 36.0 Å². The van der Waals surface area contributed by atoms with Crippen molar-refractivity contribution in [3.8, 4) is 28.8 Å². The number of para-hydroxylation sites is 1. The standard InChI is InChI=1S/C25H29N5O6S/c1-15-12-26-24(27-13-15)23(35-6)17(3)37(31,32)14-21-28-29-25(20-11-10-16(2)36-20)30(21)22-18(33-4)8-7-9-19(22)34-5/h7-13,17,23H,14H2,1-6H3/t17-,23+/m0/s1. The van der Waals surface area contributed by atoms with Crippen molar-refractivity contribution < 1.29 is 27.0 Å². The third-order valence-corrected chi connectivity index (χ3v) is 7.99. The minimum atomic E-state index is -3.86. The lowest BCUT2D eigenvalue weighted by atomic mass is 10.2. The molecule has 0 saturated carbocycles. The molecule has 0 saturated heterocycles. The van der Waals surface area contributed by atoms with Gasteiger partial charge in [-0.3, -0.25) is 4.57 Å². The molecule has 0 aliphatic heterocycles. The number of aromatic nitrogens is 5. The van der Waals surface area contributed by atoms with Crippen molar-refractivity contribution in [3.05, 3.63) is 65.7 Å². The molecule has 12 heteroatoms. The van der Waals surface area contributed by atoms with Gasteiger partial charge in [-0.2, -0.15) is 0 Å². The summed E-state index contributed by atoms with van der Waals surface area (Å²) >= 11 is 0. The van der Waals surface area contributed by atoms with Crippen LogP contribution in [0.2, 0.25) is 0 Å². The Bertz CT molecular complexity index is 1460. The van der Waals surface area contributed by atoms with Crippen molar-refractivity contribution >= 4 is 9.84 Å². The smallest absolute Gasteiger partial charge is 0.204 e. The Labute approximate surface area is 215 Å². The summed E-state index contributed by atoms with van der Waals surface area (Å²) in [6.45, 7) is 5.22. The van der Waals surface area contributed by atoms with E-state index in [1.54, 1.807) is 61.1 Å². The number of nitrogens with zero attached hydrogens (tertiary/aromatic N) is 5. The second-order valence-corrected chi connectivity index (χ2v) is 10.8. The highest BCUT2D eigenvalue weighted by molar-refractivity contribution is 7.91. The molecule has 0 spiro atoms. The van der Waals surface area contributed by atoms with Crippen LogP contribution in [0.3, 0.4) is 0 Å². The third kappa shape index (κ3) is 5.20. The van der Waals surface area contributed by atoms with E-state index in [1.165, 1.54) is 21.3 Å². The average Bonchev–Trinajstić information content (AvgIpc) is 3.50. The highest BCUT2D eigenvalue weighted by atomic mass is 32.2. The monoisotopic (exact) mass is 527 g/mol. The lowest BCUT2D eigenvalue weighted by molar-refractivity contribution is 0.0947. The van der Waals surface area contributed by atoms with Gasteiger partial charge < -0.3 is 18.6 Å². The Morgan fingerprint density at radius 2 is 1.62 bits per heavy atom. The lowest BCUT2D eigenvalue weighted by Crippen LogP contribution is -2.30. The van der Waals surface area contributed by atoms with E-state index < -0.39 is 26.9 Å². The molecule has 3 aromatic heterocycles. The van der Waals surface area contributed by atoms with Crippen LogP contribution in [0.4, 0.5) is 0 Å². The SMILES string of the molecule is COc1cccc(OC)c1-n1c(CS(=O)(=O)[C@@H](C)[C@@H](OC)c2ncc(C)cn2)nnc1-c1ccc(C)o1. The van der Waals surface area contributed by atoms with Crippen LogP contribution in [0.25, 0.3) is 17.3 Å². The van der Waals surface area contributed by atoms with E-state index >= 15 is 0 Å². The molecule has 0 radical (unpaired) electrons. The maximum absolute atomic E-state index is 13.7. The number of rotatable bonds is 10. The average molecular weight is 528 g/mol. The van der Waals surface area contributed by atoms with Gasteiger partial charge in [0.2, 0.25) is 5.82 Å². The fourth-order valence-electron chi connectivity index (χ4n) is 3.97. The molecule has 11 nitrogen and oxygen atoms in total. The van der Waals surface area contributed by atoms with Crippen molar-refractivity contribution in [2.45, 2.75) is 37.9 Å². The van der Waals surface area contributed by atoms with Crippen LogP contribution in [0.5, 0.6) is 11.5 Å². The molecule has 0 amide bonds. The zero-order valence-corrected chi connectivity index (χ0v) is 22.3. The van der Waals surface area contributed by atoms with E-state index in [0.717, 1.165) is 5.56 Å². The molecule has 4 aromatic rings. The molecule has 0 aliphatic carbocycles. The van der Waals surface area contributed by atoms with Crippen LogP contribution in [0, 0.1) is 13.8 Å². The fraction of sp³-hybridized carbons (Fsp3) is 0.360. The molecule has 0 bridgehead atoms. The molecule has 196 valence electrons. The summed E-state index contributed by atoms with van der Waals surface area (Å²) in [5.74, 6) is 2.25. The van der Waals surface area contributed by atoms with Gasteiger partial charge in [0.1, 0.15) is 34.8 Å². The molecule has 2 atom stereocenters. The van der Waals surface area contributed by atoms with E-state index in [2.05, 4.69) is 20.2 Å². The first kappa shape index (κ1) is 26.3. The highest BCUT2D eigenvalue weighted by Crippen LogP contribution is 2.37. The van der Waals surface area contributed by atoms with Crippen LogP contribution < -0.4 is 9.47 Å². The topological polar surface area (TPSA) is 131 Å². The first-order valence-electron chi connectivity index (χ1n) is 11.5. The Morgan fingerprint density at radius 3 is 2.16 bits per heavy atom. The van der Waals surface area contributed by atoms with Gasteiger partial charge in [-0.25, -0.2) is 18.4 Å². The second kappa shape index (κ2) is 10.7. The summed E-state index contributed by atoms with van der Waals surface area (Å²) < 4.78 is 51.5. The normalized spacial score (nSPS) is 13.4. The second-order valence-electron chi connectivity index (χ2n) is 8.48. The molecule has 3 heterocycles. The van der Waals surface area contributed by atoms with Gasteiger partial charge >= 0.3 is 0 Å². The number of hydrogen-bond donors (Lipinski definition) is 0. The number of furan rings is 1. The van der Waals surface area contributed by atoms with Crippen LogP contribution >= 0.6 is 0 Å². The zero-order chi connectivity index (χ0) is 26.7. The first-order chi connectivity index (χ1) is 17.7. The largest absolute Gasteiger partial charge is 0.494 e. The van der Waals surface area contributed by atoms with Gasteiger partial charge in [-0.15, -0.1) is 10.2 Å². The van der Waals surface area contributed by atoms with E-state index in [-0.39, 0.29) is 11.6 Å². The number of aryl methyl sites for hydroxylation is 2. The van der Waals surface area contributed by atoms with Crippen LogP contribution in [-0.4, -0.2) is 59.7 Å². The molecule has 4 rings (SSSR count). The summed E-state index contributed by atoms with van der Waals surface area (Å²) in [5, 5.41) is 7.56. The Balaban J connectivity index is 1.82. The first-order valence-corrected chi connectivity index (χ1v) is 13.2. The minimum Gasteiger partial charge on any atom is -0.494 e. The summed E-state index contributed by atoms with van der Waals surface area (Å²) in [5.41, 5.74) is 1.30. The highest BCUT2D eigenvalue weighted by Gasteiger charge is 2.35.